The first-order chi connectivity index (χ1) is 13.5. The van der Waals surface area contributed by atoms with Gasteiger partial charge in [0.05, 0.1) is 5.56 Å². The number of hydrogen-bond donors (Lipinski definition) is 0. The molecule has 146 valence electrons. The van der Waals surface area contributed by atoms with E-state index < -0.39 is 12.0 Å². The molecule has 28 heavy (non-hydrogen) atoms. The Labute approximate surface area is 164 Å². The Morgan fingerprint density at radius 2 is 1.93 bits per heavy atom. The number of Topliss-reactive ketones (excluding diaryl/α,β-unsaturated/α-hetero) is 1. The quantitative estimate of drug-likeness (QED) is 0.588. The molecule has 1 aliphatic heterocycles. The number of likely N-dealkylation sites (tertiary alicyclic amines) is 1. The fourth-order valence-electron chi connectivity index (χ4n) is 3.31. The number of carbonyl (C=O) groups is 3. The van der Waals surface area contributed by atoms with Crippen molar-refractivity contribution in [1.82, 2.24) is 9.88 Å². The molecule has 0 bridgehead atoms. The second-order valence-corrected chi connectivity index (χ2v) is 7.08. The largest absolute Gasteiger partial charge is 0.456 e. The fourth-order valence-corrected chi connectivity index (χ4v) is 3.31. The van der Waals surface area contributed by atoms with Crippen molar-refractivity contribution in [1.29, 1.82) is 0 Å². The zero-order valence-electron chi connectivity index (χ0n) is 16.2. The van der Waals surface area contributed by atoms with Gasteiger partial charge < -0.3 is 9.64 Å². The summed E-state index contributed by atoms with van der Waals surface area (Å²) >= 11 is 0. The van der Waals surface area contributed by atoms with E-state index in [9.17, 15) is 14.4 Å². The van der Waals surface area contributed by atoms with Crippen LogP contribution in [0.4, 0.5) is 0 Å². The Morgan fingerprint density at radius 1 is 1.11 bits per heavy atom. The molecule has 1 amide bonds. The van der Waals surface area contributed by atoms with Gasteiger partial charge in [-0.25, -0.2) is 4.79 Å². The van der Waals surface area contributed by atoms with Gasteiger partial charge in [-0.2, -0.15) is 0 Å². The molecule has 1 atom stereocenters. The van der Waals surface area contributed by atoms with Gasteiger partial charge in [0.15, 0.2) is 12.4 Å². The van der Waals surface area contributed by atoms with Crippen molar-refractivity contribution in [2.75, 3.05) is 13.2 Å². The van der Waals surface area contributed by atoms with Crippen molar-refractivity contribution in [3.63, 3.8) is 0 Å². The summed E-state index contributed by atoms with van der Waals surface area (Å²) in [4.78, 5) is 43.2. The molecule has 0 N–H and O–H groups in total. The highest BCUT2D eigenvalue weighted by molar-refractivity contribution is 5.99. The molecule has 0 spiro atoms. The Hall–Kier alpha value is -3.02. The summed E-state index contributed by atoms with van der Waals surface area (Å²) < 4.78 is 5.29. The van der Waals surface area contributed by atoms with Gasteiger partial charge in [-0.3, -0.25) is 14.6 Å². The van der Waals surface area contributed by atoms with E-state index in [2.05, 4.69) is 4.98 Å². The maximum absolute atomic E-state index is 12.8. The third kappa shape index (κ3) is 4.44. The van der Waals surface area contributed by atoms with Gasteiger partial charge in [-0.1, -0.05) is 12.1 Å². The van der Waals surface area contributed by atoms with Crippen molar-refractivity contribution in [2.45, 2.75) is 39.2 Å². The van der Waals surface area contributed by atoms with Crippen LogP contribution in [0.3, 0.4) is 0 Å². The number of ketones is 1. The number of benzene rings is 1. The van der Waals surface area contributed by atoms with E-state index in [1.807, 2.05) is 19.9 Å². The van der Waals surface area contributed by atoms with Gasteiger partial charge in [0, 0.05) is 24.5 Å². The average Bonchev–Trinajstić information content (AvgIpc) is 2.73. The van der Waals surface area contributed by atoms with Crippen LogP contribution >= 0.6 is 0 Å². The predicted molar refractivity (Wildman–Crippen MR) is 104 cm³/mol. The van der Waals surface area contributed by atoms with Gasteiger partial charge in [-0.15, -0.1) is 0 Å². The molecule has 2 aromatic rings. The normalized spacial score (nSPS) is 16.5. The molecule has 6 heteroatoms. The molecule has 2 heterocycles. The predicted octanol–water partition coefficient (Wildman–Crippen LogP) is 3.12. The number of nitrogens with zero attached hydrogens (tertiary/aromatic N) is 2. The van der Waals surface area contributed by atoms with E-state index in [1.54, 1.807) is 30.5 Å². The number of amides is 1. The lowest BCUT2D eigenvalue weighted by Gasteiger charge is -2.34. The number of aromatic nitrogens is 1. The van der Waals surface area contributed by atoms with Crippen molar-refractivity contribution in [3.8, 4) is 0 Å². The van der Waals surface area contributed by atoms with Crippen LogP contribution in [0.25, 0.3) is 0 Å². The summed E-state index contributed by atoms with van der Waals surface area (Å²) in [6.07, 6.45) is 5.28. The molecule has 3 rings (SSSR count). The molecule has 1 aromatic heterocycles. The van der Waals surface area contributed by atoms with Gasteiger partial charge in [-0.05, 0) is 62.4 Å². The van der Waals surface area contributed by atoms with Gasteiger partial charge in [0.1, 0.15) is 6.04 Å². The zero-order chi connectivity index (χ0) is 20.1. The minimum Gasteiger partial charge on any atom is -0.456 e. The molecular formula is C22H24N2O4. The first kappa shape index (κ1) is 19.7. The molecule has 1 unspecified atom stereocenters. The van der Waals surface area contributed by atoms with Crippen LogP contribution in [0.15, 0.2) is 42.7 Å². The molecular weight excluding hydrogens is 356 g/mol. The third-order valence-electron chi connectivity index (χ3n) is 5.12. The Morgan fingerprint density at radius 3 is 2.64 bits per heavy atom. The van der Waals surface area contributed by atoms with Crippen LogP contribution in [-0.4, -0.2) is 46.7 Å². The van der Waals surface area contributed by atoms with E-state index in [-0.39, 0.29) is 18.3 Å². The number of hydrogen-bond acceptors (Lipinski definition) is 5. The number of aryl methyl sites for hydroxylation is 2. The second-order valence-electron chi connectivity index (χ2n) is 7.08. The lowest BCUT2D eigenvalue weighted by atomic mass is 10.0. The fraction of sp³-hybridized carbons (Fsp3) is 0.364. The van der Waals surface area contributed by atoms with Crippen LogP contribution in [-0.2, 0) is 9.53 Å². The first-order valence-corrected chi connectivity index (χ1v) is 9.45. The van der Waals surface area contributed by atoms with Crippen LogP contribution in [0.2, 0.25) is 0 Å². The van der Waals surface area contributed by atoms with Gasteiger partial charge >= 0.3 is 5.97 Å². The zero-order valence-corrected chi connectivity index (χ0v) is 16.2. The summed E-state index contributed by atoms with van der Waals surface area (Å²) in [6.45, 7) is 4.06. The molecule has 1 fully saturated rings. The smallest absolute Gasteiger partial charge is 0.329 e. The van der Waals surface area contributed by atoms with E-state index in [1.165, 1.54) is 11.1 Å². The highest BCUT2D eigenvalue weighted by Crippen LogP contribution is 2.21. The summed E-state index contributed by atoms with van der Waals surface area (Å²) in [5, 5.41) is 0. The first-order valence-electron chi connectivity index (χ1n) is 9.45. The number of carbonyl (C=O) groups excluding carboxylic acids is 3. The lowest BCUT2D eigenvalue weighted by molar-refractivity contribution is -0.149. The van der Waals surface area contributed by atoms with Gasteiger partial charge in [0.2, 0.25) is 0 Å². The van der Waals surface area contributed by atoms with Crippen LogP contribution in [0.5, 0.6) is 0 Å². The highest BCUT2D eigenvalue weighted by Gasteiger charge is 2.34. The monoisotopic (exact) mass is 380 g/mol. The summed E-state index contributed by atoms with van der Waals surface area (Å²) in [7, 11) is 0. The lowest BCUT2D eigenvalue weighted by Crippen LogP contribution is -2.49. The van der Waals surface area contributed by atoms with Crippen molar-refractivity contribution < 1.29 is 19.1 Å². The van der Waals surface area contributed by atoms with Crippen molar-refractivity contribution >= 4 is 17.7 Å². The maximum atomic E-state index is 12.8. The number of ether oxygens (including phenoxy) is 1. The summed E-state index contributed by atoms with van der Waals surface area (Å²) in [6, 6.07) is 8.10. The Bertz CT molecular complexity index is 879. The van der Waals surface area contributed by atoms with Crippen molar-refractivity contribution in [3.05, 3.63) is 65.0 Å². The maximum Gasteiger partial charge on any atom is 0.329 e. The van der Waals surface area contributed by atoms with Crippen LogP contribution in [0.1, 0.15) is 51.1 Å². The van der Waals surface area contributed by atoms with Gasteiger partial charge in [0.25, 0.3) is 5.91 Å². The van der Waals surface area contributed by atoms with Crippen molar-refractivity contribution in [2.24, 2.45) is 0 Å². The summed E-state index contributed by atoms with van der Waals surface area (Å²) in [5.41, 5.74) is 3.06. The van der Waals surface area contributed by atoms with E-state index in [0.29, 0.717) is 24.1 Å². The van der Waals surface area contributed by atoms with Crippen LogP contribution < -0.4 is 0 Å². The molecule has 1 saturated heterocycles. The Kier molecular flexibility index (Phi) is 6.19. The average molecular weight is 380 g/mol. The third-order valence-corrected chi connectivity index (χ3v) is 5.12. The van der Waals surface area contributed by atoms with E-state index in [0.717, 1.165) is 24.0 Å². The molecule has 6 nitrogen and oxygen atoms in total. The van der Waals surface area contributed by atoms with E-state index >= 15 is 0 Å². The SMILES string of the molecule is Cc1ccc(C(=O)COC(=O)C2CCCCN2C(=O)c2cccnc2)cc1C. The van der Waals surface area contributed by atoms with E-state index in [4.69, 9.17) is 4.74 Å². The molecule has 0 aliphatic carbocycles. The topological polar surface area (TPSA) is 76.6 Å². The summed E-state index contributed by atoms with van der Waals surface area (Å²) in [5.74, 6) is -1.03. The minimum atomic E-state index is -0.672. The standard InChI is InChI=1S/C22H24N2O4/c1-15-8-9-17(12-16(15)2)20(25)14-28-22(27)19-7-3-4-11-24(19)21(26)18-6-5-10-23-13-18/h5-6,8-10,12-13,19H,3-4,7,11,14H2,1-2H3. The number of esters is 1. The second kappa shape index (κ2) is 8.78. The number of rotatable bonds is 5. The highest BCUT2D eigenvalue weighted by atomic mass is 16.5. The Balaban J connectivity index is 1.65. The molecule has 0 radical (unpaired) electrons. The molecule has 0 saturated carbocycles. The molecule has 1 aromatic carbocycles. The van der Waals surface area contributed by atoms with Crippen LogP contribution in [0, 0.1) is 13.8 Å². The number of piperidine rings is 1. The minimum absolute atomic E-state index is 0.241. The number of pyridine rings is 1. The molecule has 1 aliphatic rings.